The van der Waals surface area contributed by atoms with Gasteiger partial charge in [0.25, 0.3) is 0 Å². The molecular weight excluding hydrogens is 360 g/mol. The molecule has 1 N–H and O–H groups in total. The van der Waals surface area contributed by atoms with E-state index in [2.05, 4.69) is 63.9 Å². The Morgan fingerprint density at radius 1 is 1.07 bits per heavy atom. The summed E-state index contributed by atoms with van der Waals surface area (Å²) in [5.41, 5.74) is 5.78. The molecule has 2 bridgehead atoms. The van der Waals surface area contributed by atoms with Crippen LogP contribution in [0.15, 0.2) is 61.2 Å². The van der Waals surface area contributed by atoms with Crippen LogP contribution in [-0.4, -0.2) is 27.2 Å². The van der Waals surface area contributed by atoms with Crippen molar-refractivity contribution in [3.05, 3.63) is 83.4 Å². The number of benzene rings is 2. The first-order chi connectivity index (χ1) is 14.1. The summed E-state index contributed by atoms with van der Waals surface area (Å²) < 4.78 is 1.66. The molecule has 2 atom stereocenters. The van der Waals surface area contributed by atoms with Crippen LogP contribution < -0.4 is 5.32 Å². The van der Waals surface area contributed by atoms with Crippen molar-refractivity contribution in [1.29, 1.82) is 0 Å². The van der Waals surface area contributed by atoms with Crippen molar-refractivity contribution < 1.29 is 4.79 Å². The lowest BCUT2D eigenvalue weighted by Gasteiger charge is -2.45. The van der Waals surface area contributed by atoms with Crippen LogP contribution in [0.5, 0.6) is 0 Å². The molecule has 1 amide bonds. The van der Waals surface area contributed by atoms with Crippen molar-refractivity contribution in [2.45, 2.75) is 38.1 Å². The van der Waals surface area contributed by atoms with E-state index in [1.807, 2.05) is 13.8 Å². The lowest BCUT2D eigenvalue weighted by Crippen LogP contribution is -2.42. The number of carbonyl (C=O) groups is 1. The van der Waals surface area contributed by atoms with Crippen LogP contribution in [0.4, 0.5) is 0 Å². The normalized spacial score (nSPS) is 22.8. The molecule has 5 nitrogen and oxygen atoms in total. The topological polar surface area (TPSA) is 59.8 Å². The molecule has 148 valence electrons. The van der Waals surface area contributed by atoms with Crippen LogP contribution in [-0.2, 0) is 4.79 Å². The van der Waals surface area contributed by atoms with E-state index in [0.29, 0.717) is 24.3 Å². The van der Waals surface area contributed by atoms with Gasteiger partial charge in [-0.25, -0.2) is 9.67 Å². The minimum atomic E-state index is -0.335. The van der Waals surface area contributed by atoms with Gasteiger partial charge in [-0.2, -0.15) is 5.10 Å². The first-order valence-corrected chi connectivity index (χ1v) is 10.4. The lowest BCUT2D eigenvalue weighted by molar-refractivity contribution is -0.126. The van der Waals surface area contributed by atoms with Gasteiger partial charge in [0.15, 0.2) is 0 Å². The average molecular weight is 386 g/mol. The second kappa shape index (κ2) is 7.14. The number of fused-ring (bicyclic) bond motifs is 1. The molecule has 3 aromatic rings. The van der Waals surface area contributed by atoms with Crippen LogP contribution in [0.25, 0.3) is 0 Å². The quantitative estimate of drug-likeness (QED) is 0.724. The van der Waals surface area contributed by atoms with E-state index in [4.69, 9.17) is 0 Å². The Balaban J connectivity index is 1.40. The standard InChI is InChI=1S/C24H26N4O/c1-15(2)23(28-14-25-13-27-28)24(29)26-12-16-11-21-17-7-3-5-9-19(17)22(16)20-10-6-4-8-18(20)21/h3-10,13-16,21-23H,11-12H2,1-2H3,(H,26,29)/t16-,21?,22?,23-/m0/s1. The molecule has 29 heavy (non-hydrogen) atoms. The summed E-state index contributed by atoms with van der Waals surface area (Å²) >= 11 is 0. The highest BCUT2D eigenvalue weighted by Gasteiger charge is 2.43. The highest BCUT2D eigenvalue weighted by molar-refractivity contribution is 5.80. The Bertz CT molecular complexity index is 979. The maximum Gasteiger partial charge on any atom is 0.245 e. The van der Waals surface area contributed by atoms with E-state index < -0.39 is 0 Å². The molecule has 0 aliphatic heterocycles. The Morgan fingerprint density at radius 3 is 2.24 bits per heavy atom. The van der Waals surface area contributed by atoms with Crippen molar-refractivity contribution in [3.8, 4) is 0 Å². The number of nitrogens with zero attached hydrogens (tertiary/aromatic N) is 3. The zero-order valence-corrected chi connectivity index (χ0v) is 16.8. The van der Waals surface area contributed by atoms with Gasteiger partial charge >= 0.3 is 0 Å². The minimum absolute atomic E-state index is 0.0218. The van der Waals surface area contributed by atoms with Gasteiger partial charge in [0.2, 0.25) is 5.91 Å². The van der Waals surface area contributed by atoms with Gasteiger partial charge in [0.05, 0.1) is 0 Å². The van der Waals surface area contributed by atoms with Gasteiger partial charge in [-0.15, -0.1) is 0 Å². The summed E-state index contributed by atoms with van der Waals surface area (Å²) in [6.45, 7) is 4.77. The predicted molar refractivity (Wildman–Crippen MR) is 112 cm³/mol. The third-order valence-electron chi connectivity index (χ3n) is 6.58. The van der Waals surface area contributed by atoms with Crippen molar-refractivity contribution in [2.75, 3.05) is 6.54 Å². The van der Waals surface area contributed by atoms with Crippen molar-refractivity contribution in [1.82, 2.24) is 20.1 Å². The molecule has 1 aromatic heterocycles. The highest BCUT2D eigenvalue weighted by atomic mass is 16.2. The number of rotatable bonds is 5. The zero-order chi connectivity index (χ0) is 20.0. The van der Waals surface area contributed by atoms with Crippen LogP contribution >= 0.6 is 0 Å². The van der Waals surface area contributed by atoms with Crippen LogP contribution in [0.1, 0.15) is 60.4 Å². The lowest BCUT2D eigenvalue weighted by atomic mass is 9.59. The Morgan fingerprint density at radius 2 is 1.69 bits per heavy atom. The van der Waals surface area contributed by atoms with E-state index in [-0.39, 0.29) is 17.9 Å². The van der Waals surface area contributed by atoms with E-state index in [1.54, 1.807) is 11.0 Å². The summed E-state index contributed by atoms with van der Waals surface area (Å²) in [6, 6.07) is 17.3. The van der Waals surface area contributed by atoms with Crippen LogP contribution in [0, 0.1) is 11.8 Å². The molecular formula is C24H26N4O. The minimum Gasteiger partial charge on any atom is -0.354 e. The maximum atomic E-state index is 13.0. The number of hydrogen-bond acceptors (Lipinski definition) is 3. The predicted octanol–water partition coefficient (Wildman–Crippen LogP) is 3.89. The SMILES string of the molecule is CC(C)[C@@H](C(=O)NC[C@@H]1CC2c3ccccc3C1c1ccccc12)n1cncn1. The number of amides is 1. The third-order valence-corrected chi connectivity index (χ3v) is 6.58. The number of hydrogen-bond donors (Lipinski definition) is 1. The summed E-state index contributed by atoms with van der Waals surface area (Å²) in [6.07, 6.45) is 4.19. The van der Waals surface area contributed by atoms with Gasteiger partial charge in [-0.05, 0) is 40.5 Å². The molecule has 0 radical (unpaired) electrons. The highest BCUT2D eigenvalue weighted by Crippen LogP contribution is 2.55. The summed E-state index contributed by atoms with van der Waals surface area (Å²) in [4.78, 5) is 17.0. The number of carbonyl (C=O) groups excluding carboxylic acids is 1. The van der Waals surface area contributed by atoms with Crippen molar-refractivity contribution in [3.63, 3.8) is 0 Å². The second-order valence-corrected chi connectivity index (χ2v) is 8.59. The summed E-state index contributed by atoms with van der Waals surface area (Å²) in [5.74, 6) is 1.33. The smallest absolute Gasteiger partial charge is 0.245 e. The number of nitrogens with one attached hydrogen (secondary N) is 1. The molecule has 6 rings (SSSR count). The van der Waals surface area contributed by atoms with Crippen LogP contribution in [0.3, 0.4) is 0 Å². The summed E-state index contributed by atoms with van der Waals surface area (Å²) in [5, 5.41) is 7.44. The fourth-order valence-corrected chi connectivity index (χ4v) is 5.39. The fraction of sp³-hybridized carbons (Fsp3) is 0.375. The Labute approximate surface area is 171 Å². The monoisotopic (exact) mass is 386 g/mol. The van der Waals surface area contributed by atoms with Gasteiger partial charge in [0, 0.05) is 18.4 Å². The second-order valence-electron chi connectivity index (χ2n) is 8.59. The Kier molecular flexibility index (Phi) is 4.46. The molecule has 0 spiro atoms. The maximum absolute atomic E-state index is 13.0. The van der Waals surface area contributed by atoms with Gasteiger partial charge in [-0.1, -0.05) is 62.4 Å². The van der Waals surface area contributed by atoms with E-state index >= 15 is 0 Å². The summed E-state index contributed by atoms with van der Waals surface area (Å²) in [7, 11) is 0. The van der Waals surface area contributed by atoms with Crippen molar-refractivity contribution >= 4 is 5.91 Å². The molecule has 0 saturated heterocycles. The average Bonchev–Trinajstić information content (AvgIpc) is 3.26. The molecule has 2 aromatic carbocycles. The van der Waals surface area contributed by atoms with E-state index in [9.17, 15) is 4.79 Å². The fourth-order valence-electron chi connectivity index (χ4n) is 5.39. The zero-order valence-electron chi connectivity index (χ0n) is 16.8. The first kappa shape index (κ1) is 18.1. The number of aromatic nitrogens is 3. The molecule has 5 heteroatoms. The molecule has 0 fully saturated rings. The van der Waals surface area contributed by atoms with Gasteiger partial charge in [-0.3, -0.25) is 4.79 Å². The molecule has 0 saturated carbocycles. The van der Waals surface area contributed by atoms with Crippen LogP contribution in [0.2, 0.25) is 0 Å². The molecule has 3 aliphatic carbocycles. The molecule has 3 aliphatic rings. The van der Waals surface area contributed by atoms with Crippen molar-refractivity contribution in [2.24, 2.45) is 11.8 Å². The largest absolute Gasteiger partial charge is 0.354 e. The molecule has 1 heterocycles. The third kappa shape index (κ3) is 2.96. The van der Waals surface area contributed by atoms with Gasteiger partial charge in [0.1, 0.15) is 18.7 Å². The molecule has 0 unspecified atom stereocenters. The van der Waals surface area contributed by atoms with Gasteiger partial charge < -0.3 is 5.32 Å². The first-order valence-electron chi connectivity index (χ1n) is 10.4. The Hall–Kier alpha value is -2.95. The van der Waals surface area contributed by atoms with E-state index in [0.717, 1.165) is 6.42 Å². The van der Waals surface area contributed by atoms with E-state index in [1.165, 1.54) is 28.6 Å².